The van der Waals surface area contributed by atoms with Gasteiger partial charge in [-0.2, -0.15) is 0 Å². The molecular formula is C15H32N2O. The summed E-state index contributed by atoms with van der Waals surface area (Å²) < 4.78 is 5.75. The summed E-state index contributed by atoms with van der Waals surface area (Å²) in [5.41, 5.74) is 0. The summed E-state index contributed by atoms with van der Waals surface area (Å²) >= 11 is 0. The first-order valence-corrected chi connectivity index (χ1v) is 7.58. The lowest BCUT2D eigenvalue weighted by Gasteiger charge is -2.32. The van der Waals surface area contributed by atoms with Crippen LogP contribution in [0.15, 0.2) is 0 Å². The maximum absolute atomic E-state index is 5.75. The Labute approximate surface area is 113 Å². The number of unbranched alkanes of at least 4 members (excludes halogenated alkanes) is 1. The molecule has 2 unspecified atom stereocenters. The molecule has 108 valence electrons. The highest BCUT2D eigenvalue weighted by Crippen LogP contribution is 2.18. The van der Waals surface area contributed by atoms with Crippen molar-refractivity contribution in [2.45, 2.75) is 77.7 Å². The van der Waals surface area contributed by atoms with Crippen molar-refractivity contribution in [3.05, 3.63) is 0 Å². The summed E-state index contributed by atoms with van der Waals surface area (Å²) in [7, 11) is 2.21. The van der Waals surface area contributed by atoms with Crippen LogP contribution in [0.4, 0.5) is 0 Å². The maximum atomic E-state index is 5.75. The van der Waals surface area contributed by atoms with Gasteiger partial charge in [0.05, 0.1) is 12.2 Å². The number of hydrogen-bond donors (Lipinski definition) is 1. The third-order valence-electron chi connectivity index (χ3n) is 3.95. The summed E-state index contributed by atoms with van der Waals surface area (Å²) in [6.07, 6.45) is 5.72. The average molecular weight is 256 g/mol. The molecule has 0 radical (unpaired) electrons. The number of rotatable bonds is 7. The van der Waals surface area contributed by atoms with E-state index in [2.05, 4.69) is 45.0 Å². The number of nitrogens with zero attached hydrogens (tertiary/aromatic N) is 1. The van der Waals surface area contributed by atoms with E-state index in [1.54, 1.807) is 0 Å². The van der Waals surface area contributed by atoms with E-state index in [9.17, 15) is 0 Å². The molecule has 1 fully saturated rings. The van der Waals surface area contributed by atoms with Crippen LogP contribution < -0.4 is 5.32 Å². The van der Waals surface area contributed by atoms with Crippen molar-refractivity contribution < 1.29 is 4.74 Å². The summed E-state index contributed by atoms with van der Waals surface area (Å²) in [6, 6.07) is 1.32. The van der Waals surface area contributed by atoms with E-state index in [0.717, 1.165) is 19.4 Å². The van der Waals surface area contributed by atoms with Crippen molar-refractivity contribution >= 4 is 0 Å². The Morgan fingerprint density at radius 3 is 2.33 bits per heavy atom. The monoisotopic (exact) mass is 256 g/mol. The van der Waals surface area contributed by atoms with E-state index in [-0.39, 0.29) is 0 Å². The van der Waals surface area contributed by atoms with Crippen LogP contribution in [0.1, 0.15) is 53.4 Å². The summed E-state index contributed by atoms with van der Waals surface area (Å²) in [6.45, 7) is 11.2. The van der Waals surface area contributed by atoms with Crippen LogP contribution in [0.5, 0.6) is 0 Å². The highest BCUT2D eigenvalue weighted by molar-refractivity contribution is 4.78. The third kappa shape index (κ3) is 6.17. The van der Waals surface area contributed by atoms with Gasteiger partial charge in [-0.05, 0) is 73.5 Å². The van der Waals surface area contributed by atoms with Crippen molar-refractivity contribution in [1.29, 1.82) is 0 Å². The zero-order chi connectivity index (χ0) is 13.5. The van der Waals surface area contributed by atoms with Crippen LogP contribution in [0.3, 0.4) is 0 Å². The Morgan fingerprint density at radius 2 is 1.78 bits per heavy atom. The minimum Gasteiger partial charge on any atom is -0.375 e. The van der Waals surface area contributed by atoms with Crippen LogP contribution in [-0.2, 0) is 4.74 Å². The zero-order valence-corrected chi connectivity index (χ0v) is 12.9. The summed E-state index contributed by atoms with van der Waals surface area (Å²) in [5, 5.41) is 3.69. The lowest BCUT2D eigenvalue weighted by Crippen LogP contribution is -2.41. The molecule has 1 rings (SSSR count). The molecular weight excluding hydrogens is 224 g/mol. The quantitative estimate of drug-likeness (QED) is 0.709. The SMILES string of the molecule is CC1CC(NCCCCN(C)C(C)C)CC(C)O1. The fourth-order valence-electron chi connectivity index (χ4n) is 2.62. The maximum Gasteiger partial charge on any atom is 0.0565 e. The standard InChI is InChI=1S/C15H32N2O/c1-12(2)17(5)9-7-6-8-16-15-10-13(3)18-14(4)11-15/h12-16H,6-11H2,1-5H3. The van der Waals surface area contributed by atoms with E-state index < -0.39 is 0 Å². The van der Waals surface area contributed by atoms with E-state index in [0.29, 0.717) is 24.3 Å². The smallest absolute Gasteiger partial charge is 0.0565 e. The summed E-state index contributed by atoms with van der Waals surface area (Å²) in [5.74, 6) is 0. The highest BCUT2D eigenvalue weighted by Gasteiger charge is 2.23. The topological polar surface area (TPSA) is 24.5 Å². The van der Waals surface area contributed by atoms with Gasteiger partial charge in [0.25, 0.3) is 0 Å². The van der Waals surface area contributed by atoms with Crippen molar-refractivity contribution in [3.8, 4) is 0 Å². The molecule has 1 aliphatic rings. The van der Waals surface area contributed by atoms with E-state index >= 15 is 0 Å². The molecule has 0 bridgehead atoms. The molecule has 3 nitrogen and oxygen atoms in total. The summed E-state index contributed by atoms with van der Waals surface area (Å²) in [4.78, 5) is 2.42. The first-order chi connectivity index (χ1) is 8.49. The van der Waals surface area contributed by atoms with Gasteiger partial charge >= 0.3 is 0 Å². The molecule has 1 heterocycles. The van der Waals surface area contributed by atoms with Gasteiger partial charge in [-0.15, -0.1) is 0 Å². The van der Waals surface area contributed by atoms with Gasteiger partial charge in [0.1, 0.15) is 0 Å². The number of hydrogen-bond acceptors (Lipinski definition) is 3. The molecule has 0 aromatic heterocycles. The second kappa shape index (κ2) is 8.13. The minimum atomic E-state index is 0.415. The van der Waals surface area contributed by atoms with E-state index in [1.807, 2.05) is 0 Å². The van der Waals surface area contributed by atoms with Crippen LogP contribution in [0, 0.1) is 0 Å². The van der Waals surface area contributed by atoms with Gasteiger partial charge in [-0.3, -0.25) is 0 Å². The van der Waals surface area contributed by atoms with E-state index in [4.69, 9.17) is 4.74 Å². The molecule has 2 atom stereocenters. The van der Waals surface area contributed by atoms with Crippen molar-refractivity contribution in [1.82, 2.24) is 10.2 Å². The van der Waals surface area contributed by atoms with Gasteiger partial charge in [0, 0.05) is 12.1 Å². The molecule has 0 spiro atoms. The Kier molecular flexibility index (Phi) is 7.20. The van der Waals surface area contributed by atoms with Crippen LogP contribution >= 0.6 is 0 Å². The van der Waals surface area contributed by atoms with Gasteiger partial charge in [-0.1, -0.05) is 0 Å². The Hall–Kier alpha value is -0.120. The van der Waals surface area contributed by atoms with Crippen molar-refractivity contribution in [2.24, 2.45) is 0 Å². The van der Waals surface area contributed by atoms with Gasteiger partial charge in [0.2, 0.25) is 0 Å². The molecule has 3 heteroatoms. The second-order valence-corrected chi connectivity index (χ2v) is 6.16. The van der Waals surface area contributed by atoms with Gasteiger partial charge in [0.15, 0.2) is 0 Å². The fraction of sp³-hybridized carbons (Fsp3) is 1.00. The Morgan fingerprint density at radius 1 is 1.17 bits per heavy atom. The minimum absolute atomic E-state index is 0.415. The van der Waals surface area contributed by atoms with Gasteiger partial charge < -0.3 is 15.0 Å². The van der Waals surface area contributed by atoms with Crippen LogP contribution in [0.25, 0.3) is 0 Å². The molecule has 0 aliphatic carbocycles. The van der Waals surface area contributed by atoms with Crippen molar-refractivity contribution in [2.75, 3.05) is 20.1 Å². The predicted molar refractivity (Wildman–Crippen MR) is 78.0 cm³/mol. The Balaban J connectivity index is 2.04. The molecule has 0 aromatic carbocycles. The lowest BCUT2D eigenvalue weighted by molar-refractivity contribution is -0.0420. The second-order valence-electron chi connectivity index (χ2n) is 6.16. The number of ether oxygens (including phenoxy) is 1. The van der Waals surface area contributed by atoms with Gasteiger partial charge in [-0.25, -0.2) is 0 Å². The van der Waals surface area contributed by atoms with E-state index in [1.165, 1.54) is 19.4 Å². The zero-order valence-electron chi connectivity index (χ0n) is 12.9. The Bertz CT molecular complexity index is 211. The molecule has 1 aliphatic heterocycles. The molecule has 1 saturated heterocycles. The largest absolute Gasteiger partial charge is 0.375 e. The lowest BCUT2D eigenvalue weighted by atomic mass is 10.00. The first kappa shape index (κ1) is 15.9. The number of nitrogens with one attached hydrogen (secondary N) is 1. The highest BCUT2D eigenvalue weighted by atomic mass is 16.5. The fourth-order valence-corrected chi connectivity index (χ4v) is 2.62. The van der Waals surface area contributed by atoms with Crippen LogP contribution in [0.2, 0.25) is 0 Å². The molecule has 18 heavy (non-hydrogen) atoms. The van der Waals surface area contributed by atoms with Crippen molar-refractivity contribution in [3.63, 3.8) is 0 Å². The van der Waals surface area contributed by atoms with Crippen LogP contribution in [-0.4, -0.2) is 49.3 Å². The molecule has 1 N–H and O–H groups in total. The predicted octanol–water partition coefficient (Wildman–Crippen LogP) is 2.65. The third-order valence-corrected chi connectivity index (χ3v) is 3.95. The molecule has 0 saturated carbocycles. The molecule has 0 amide bonds. The molecule has 0 aromatic rings. The normalized spacial score (nSPS) is 29.2. The first-order valence-electron chi connectivity index (χ1n) is 7.58. The average Bonchev–Trinajstić information content (AvgIpc) is 2.26.